The third-order valence-electron chi connectivity index (χ3n) is 3.32. The Balaban J connectivity index is 2.08. The summed E-state index contributed by atoms with van der Waals surface area (Å²) in [5.74, 6) is 0. The summed E-state index contributed by atoms with van der Waals surface area (Å²) in [4.78, 5) is 6.75. The number of fused-ring (bicyclic) bond motifs is 1. The van der Waals surface area contributed by atoms with E-state index in [0.29, 0.717) is 0 Å². The van der Waals surface area contributed by atoms with Gasteiger partial charge in [0.05, 0.1) is 11.4 Å². The third kappa shape index (κ3) is 2.31. The monoisotopic (exact) mass is 329 g/mol. The molecule has 0 aliphatic heterocycles. The van der Waals surface area contributed by atoms with E-state index >= 15 is 0 Å². The summed E-state index contributed by atoms with van der Waals surface area (Å²) in [5, 5.41) is 0. The molecule has 3 nitrogen and oxygen atoms in total. The van der Waals surface area contributed by atoms with Gasteiger partial charge in [0, 0.05) is 36.5 Å². The first-order valence-electron chi connectivity index (χ1n) is 6.47. The van der Waals surface area contributed by atoms with E-state index < -0.39 is 0 Å². The van der Waals surface area contributed by atoms with Crippen molar-refractivity contribution in [3.05, 3.63) is 52.8 Å². The summed E-state index contributed by atoms with van der Waals surface area (Å²) in [6.07, 6.45) is 4.16. The van der Waals surface area contributed by atoms with Crippen LogP contribution < -0.4 is 4.90 Å². The molecule has 0 spiro atoms. The summed E-state index contributed by atoms with van der Waals surface area (Å²) >= 11 is 3.62. The molecule has 4 heteroatoms. The number of hydrogen-bond donors (Lipinski definition) is 0. The molecule has 102 valence electrons. The van der Waals surface area contributed by atoms with Crippen molar-refractivity contribution < 1.29 is 0 Å². The predicted molar refractivity (Wildman–Crippen MR) is 87.4 cm³/mol. The molecule has 0 fully saturated rings. The average molecular weight is 330 g/mol. The van der Waals surface area contributed by atoms with E-state index in [1.54, 1.807) is 0 Å². The molecule has 0 N–H and O–H groups in total. The van der Waals surface area contributed by atoms with Gasteiger partial charge in [-0.05, 0) is 46.6 Å². The fourth-order valence-corrected chi connectivity index (χ4v) is 3.00. The van der Waals surface area contributed by atoms with E-state index in [4.69, 9.17) is 0 Å². The van der Waals surface area contributed by atoms with Crippen molar-refractivity contribution in [3.63, 3.8) is 0 Å². The number of pyridine rings is 1. The molecule has 0 aliphatic rings. The van der Waals surface area contributed by atoms with Gasteiger partial charge >= 0.3 is 0 Å². The van der Waals surface area contributed by atoms with Gasteiger partial charge in [-0.1, -0.05) is 12.1 Å². The first-order valence-corrected chi connectivity index (χ1v) is 7.26. The Bertz CT molecular complexity index is 774. The Hall–Kier alpha value is -1.81. The number of aromatic nitrogens is 2. The van der Waals surface area contributed by atoms with Crippen LogP contribution in [0.15, 0.2) is 47.2 Å². The molecule has 2 aromatic heterocycles. The number of hydrogen-bond acceptors (Lipinski definition) is 2. The van der Waals surface area contributed by atoms with Gasteiger partial charge in [0.15, 0.2) is 0 Å². The van der Waals surface area contributed by atoms with Gasteiger partial charge in [-0.3, -0.25) is 0 Å². The molecule has 0 radical (unpaired) electrons. The lowest BCUT2D eigenvalue weighted by molar-refractivity contribution is 1.12. The smallest absolute Gasteiger partial charge is 0.137 e. The van der Waals surface area contributed by atoms with E-state index in [2.05, 4.69) is 73.8 Å². The van der Waals surface area contributed by atoms with Crippen molar-refractivity contribution in [2.24, 2.45) is 0 Å². The second kappa shape index (κ2) is 4.94. The van der Waals surface area contributed by atoms with E-state index in [0.717, 1.165) is 27.1 Å². The van der Waals surface area contributed by atoms with Crippen LogP contribution in [0.5, 0.6) is 0 Å². The van der Waals surface area contributed by atoms with Gasteiger partial charge < -0.3 is 9.30 Å². The van der Waals surface area contributed by atoms with Crippen molar-refractivity contribution in [2.45, 2.75) is 6.92 Å². The molecule has 2 heterocycles. The quantitative estimate of drug-likeness (QED) is 0.704. The van der Waals surface area contributed by atoms with Crippen molar-refractivity contribution in [1.82, 2.24) is 9.38 Å². The molecule has 0 bridgehead atoms. The number of anilines is 1. The second-order valence-corrected chi connectivity index (χ2v) is 6.01. The van der Waals surface area contributed by atoms with Crippen molar-refractivity contribution >= 4 is 27.3 Å². The molecule has 20 heavy (non-hydrogen) atoms. The molecule has 0 unspecified atom stereocenters. The lowest BCUT2D eigenvalue weighted by Gasteiger charge is -2.14. The zero-order valence-corrected chi connectivity index (χ0v) is 13.3. The van der Waals surface area contributed by atoms with Crippen LogP contribution in [0, 0.1) is 6.92 Å². The second-order valence-electron chi connectivity index (χ2n) is 5.16. The van der Waals surface area contributed by atoms with Gasteiger partial charge in [-0.25, -0.2) is 4.98 Å². The number of nitrogens with zero attached hydrogens (tertiary/aromatic N) is 3. The molecular formula is C16H16BrN3. The highest BCUT2D eigenvalue weighted by atomic mass is 79.9. The van der Waals surface area contributed by atoms with Crippen LogP contribution in [0.3, 0.4) is 0 Å². The maximum atomic E-state index is 4.67. The molecule has 1 aromatic carbocycles. The summed E-state index contributed by atoms with van der Waals surface area (Å²) < 4.78 is 3.14. The van der Waals surface area contributed by atoms with E-state index in [1.165, 1.54) is 5.56 Å². The van der Waals surface area contributed by atoms with E-state index in [9.17, 15) is 0 Å². The number of aryl methyl sites for hydroxylation is 1. The van der Waals surface area contributed by atoms with Crippen molar-refractivity contribution in [1.29, 1.82) is 0 Å². The summed E-state index contributed by atoms with van der Waals surface area (Å²) in [6.45, 7) is 2.08. The Kier molecular flexibility index (Phi) is 3.26. The van der Waals surface area contributed by atoms with Crippen LogP contribution in [-0.4, -0.2) is 23.5 Å². The lowest BCUT2D eigenvalue weighted by atomic mass is 10.1. The maximum absolute atomic E-state index is 4.67. The fraction of sp³-hybridized carbons (Fsp3) is 0.188. The summed E-state index contributed by atoms with van der Waals surface area (Å²) in [7, 11) is 4.07. The van der Waals surface area contributed by atoms with Crippen LogP contribution in [0.2, 0.25) is 0 Å². The van der Waals surface area contributed by atoms with Crippen molar-refractivity contribution in [3.8, 4) is 11.3 Å². The topological polar surface area (TPSA) is 20.5 Å². The zero-order chi connectivity index (χ0) is 14.3. The Labute approximate surface area is 127 Å². The minimum atomic E-state index is 0.971. The highest BCUT2D eigenvalue weighted by Gasteiger charge is 2.08. The number of halogens is 1. The third-order valence-corrected chi connectivity index (χ3v) is 3.96. The predicted octanol–water partition coefficient (Wildman–Crippen LogP) is 4.14. The lowest BCUT2D eigenvalue weighted by Crippen LogP contribution is -2.09. The Morgan fingerprint density at radius 1 is 1.10 bits per heavy atom. The number of benzene rings is 1. The SMILES string of the molecule is Cc1ccc2nc(-c3ccc(N(C)C)c(Br)c3)cn2c1. The number of imidazole rings is 1. The molecule has 0 saturated carbocycles. The Morgan fingerprint density at radius 2 is 1.90 bits per heavy atom. The highest BCUT2D eigenvalue weighted by Crippen LogP contribution is 2.30. The van der Waals surface area contributed by atoms with Gasteiger partial charge in [-0.15, -0.1) is 0 Å². The van der Waals surface area contributed by atoms with Crippen LogP contribution >= 0.6 is 15.9 Å². The number of rotatable bonds is 2. The van der Waals surface area contributed by atoms with Crippen molar-refractivity contribution in [2.75, 3.05) is 19.0 Å². The van der Waals surface area contributed by atoms with Gasteiger partial charge in [0.2, 0.25) is 0 Å². The fourth-order valence-electron chi connectivity index (χ4n) is 2.27. The zero-order valence-electron chi connectivity index (χ0n) is 11.8. The molecule has 3 aromatic rings. The van der Waals surface area contributed by atoms with Crippen LogP contribution in [0.4, 0.5) is 5.69 Å². The molecule has 0 aliphatic carbocycles. The summed E-state index contributed by atoms with van der Waals surface area (Å²) in [5.41, 5.74) is 5.46. The molecule has 0 saturated heterocycles. The van der Waals surface area contributed by atoms with Crippen LogP contribution in [0.25, 0.3) is 16.9 Å². The Morgan fingerprint density at radius 3 is 2.60 bits per heavy atom. The van der Waals surface area contributed by atoms with Gasteiger partial charge in [0.25, 0.3) is 0 Å². The van der Waals surface area contributed by atoms with Crippen LogP contribution in [-0.2, 0) is 0 Å². The molecule has 3 rings (SSSR count). The minimum Gasteiger partial charge on any atom is -0.377 e. The first-order chi connectivity index (χ1) is 9.54. The van der Waals surface area contributed by atoms with E-state index in [-0.39, 0.29) is 0 Å². The highest BCUT2D eigenvalue weighted by molar-refractivity contribution is 9.10. The normalized spacial score (nSPS) is 11.0. The molecule has 0 atom stereocenters. The molecular weight excluding hydrogens is 314 g/mol. The average Bonchev–Trinajstić information content (AvgIpc) is 2.81. The standard InChI is InChI=1S/C16H16BrN3/c1-11-4-7-16-18-14(10-20(16)9-11)12-5-6-15(19(2)3)13(17)8-12/h4-10H,1-3H3. The van der Waals surface area contributed by atoms with Gasteiger partial charge in [0.1, 0.15) is 5.65 Å². The summed E-state index contributed by atoms with van der Waals surface area (Å²) in [6, 6.07) is 10.5. The molecule has 0 amide bonds. The largest absolute Gasteiger partial charge is 0.377 e. The minimum absolute atomic E-state index is 0.971. The van der Waals surface area contributed by atoms with Gasteiger partial charge in [-0.2, -0.15) is 0 Å². The maximum Gasteiger partial charge on any atom is 0.137 e. The first kappa shape index (κ1) is 13.2. The van der Waals surface area contributed by atoms with E-state index in [1.807, 2.05) is 20.2 Å². The van der Waals surface area contributed by atoms with Crippen LogP contribution in [0.1, 0.15) is 5.56 Å².